The van der Waals surface area contributed by atoms with Gasteiger partial charge in [0.25, 0.3) is 0 Å². The van der Waals surface area contributed by atoms with Crippen LogP contribution < -0.4 is 0 Å². The van der Waals surface area contributed by atoms with E-state index in [2.05, 4.69) is 4.99 Å². The van der Waals surface area contributed by atoms with Crippen molar-refractivity contribution in [3.05, 3.63) is 35.4 Å². The van der Waals surface area contributed by atoms with Crippen LogP contribution in [0.1, 0.15) is 15.9 Å². The lowest BCUT2D eigenvalue weighted by atomic mass is 10.0. The van der Waals surface area contributed by atoms with E-state index in [-0.39, 0.29) is 5.78 Å². The highest BCUT2D eigenvalue weighted by molar-refractivity contribution is 6.01. The third-order valence-electron chi connectivity index (χ3n) is 1.99. The molecule has 0 unspecified atom stereocenters. The van der Waals surface area contributed by atoms with E-state index in [1.165, 1.54) is 0 Å². The SMILES string of the molecule is O=C1CN=CCc2ccccc21. The Hall–Kier alpha value is -1.44. The van der Waals surface area contributed by atoms with Crippen LogP contribution in [0.3, 0.4) is 0 Å². The molecule has 2 rings (SSSR count). The molecule has 1 aliphatic heterocycles. The summed E-state index contributed by atoms with van der Waals surface area (Å²) in [4.78, 5) is 15.4. The number of fused-ring (bicyclic) bond motifs is 1. The van der Waals surface area contributed by atoms with Gasteiger partial charge in [-0.3, -0.25) is 9.79 Å². The largest absolute Gasteiger partial charge is 0.292 e. The molecule has 1 aromatic rings. The standard InChI is InChI=1S/C10H9NO/c12-10-7-11-6-5-8-3-1-2-4-9(8)10/h1-4,6H,5,7H2. The van der Waals surface area contributed by atoms with Crippen LogP contribution in [0.2, 0.25) is 0 Å². The first-order chi connectivity index (χ1) is 5.88. The molecule has 60 valence electrons. The fraction of sp³-hybridized carbons (Fsp3) is 0.200. The number of hydrogen-bond acceptors (Lipinski definition) is 2. The monoisotopic (exact) mass is 159 g/mol. The Labute approximate surface area is 70.9 Å². The lowest BCUT2D eigenvalue weighted by molar-refractivity contribution is 0.100. The molecule has 1 aromatic carbocycles. The van der Waals surface area contributed by atoms with Crippen molar-refractivity contribution in [1.29, 1.82) is 0 Å². The van der Waals surface area contributed by atoms with Crippen LogP contribution in [0, 0.1) is 0 Å². The third kappa shape index (κ3) is 1.16. The van der Waals surface area contributed by atoms with Crippen molar-refractivity contribution >= 4 is 12.0 Å². The number of benzene rings is 1. The minimum atomic E-state index is 0.124. The molecule has 0 aromatic heterocycles. The van der Waals surface area contributed by atoms with E-state index in [1.807, 2.05) is 30.5 Å². The van der Waals surface area contributed by atoms with E-state index in [1.54, 1.807) is 0 Å². The molecule has 0 aliphatic carbocycles. The maximum Gasteiger partial charge on any atom is 0.184 e. The average molecular weight is 159 g/mol. The van der Waals surface area contributed by atoms with Gasteiger partial charge >= 0.3 is 0 Å². The van der Waals surface area contributed by atoms with Crippen LogP contribution in [0.5, 0.6) is 0 Å². The van der Waals surface area contributed by atoms with Crippen molar-refractivity contribution in [3.63, 3.8) is 0 Å². The summed E-state index contributed by atoms with van der Waals surface area (Å²) in [6, 6.07) is 7.68. The van der Waals surface area contributed by atoms with Crippen LogP contribution in [-0.2, 0) is 6.42 Å². The molecule has 0 atom stereocenters. The average Bonchev–Trinajstić information content (AvgIpc) is 2.29. The molecular formula is C10H9NO. The number of hydrogen-bond donors (Lipinski definition) is 0. The first-order valence-electron chi connectivity index (χ1n) is 3.97. The van der Waals surface area contributed by atoms with Crippen LogP contribution >= 0.6 is 0 Å². The first kappa shape index (κ1) is 7.22. The van der Waals surface area contributed by atoms with Gasteiger partial charge in [0.2, 0.25) is 0 Å². The highest BCUT2D eigenvalue weighted by atomic mass is 16.1. The van der Waals surface area contributed by atoms with E-state index in [0.29, 0.717) is 6.54 Å². The predicted octanol–water partition coefficient (Wildman–Crippen LogP) is 1.50. The quantitative estimate of drug-likeness (QED) is 0.564. The lowest BCUT2D eigenvalue weighted by Gasteiger charge is -2.00. The Bertz CT molecular complexity index is 341. The molecule has 0 amide bonds. The number of Topliss-reactive ketones (excluding diaryl/α,β-unsaturated/α-hetero) is 1. The Morgan fingerprint density at radius 3 is 3.00 bits per heavy atom. The molecule has 1 heterocycles. The van der Waals surface area contributed by atoms with Crippen molar-refractivity contribution in [2.24, 2.45) is 4.99 Å². The van der Waals surface area contributed by atoms with Crippen molar-refractivity contribution in [3.8, 4) is 0 Å². The van der Waals surface area contributed by atoms with Crippen LogP contribution in [-0.4, -0.2) is 18.5 Å². The van der Waals surface area contributed by atoms with E-state index >= 15 is 0 Å². The van der Waals surface area contributed by atoms with E-state index in [0.717, 1.165) is 17.5 Å². The zero-order valence-electron chi connectivity index (χ0n) is 6.66. The van der Waals surface area contributed by atoms with Gasteiger partial charge in [0.1, 0.15) is 6.54 Å². The second kappa shape index (κ2) is 2.89. The summed E-state index contributed by atoms with van der Waals surface area (Å²) in [7, 11) is 0. The Balaban J connectivity index is 2.52. The minimum absolute atomic E-state index is 0.124. The Morgan fingerprint density at radius 1 is 1.25 bits per heavy atom. The second-order valence-corrected chi connectivity index (χ2v) is 2.81. The molecule has 12 heavy (non-hydrogen) atoms. The fourth-order valence-electron chi connectivity index (χ4n) is 1.37. The van der Waals surface area contributed by atoms with Gasteiger partial charge in [0.15, 0.2) is 5.78 Å². The summed E-state index contributed by atoms with van der Waals surface area (Å²) < 4.78 is 0. The molecule has 0 saturated carbocycles. The fourth-order valence-corrected chi connectivity index (χ4v) is 1.37. The third-order valence-corrected chi connectivity index (χ3v) is 1.99. The van der Waals surface area contributed by atoms with E-state index in [4.69, 9.17) is 0 Å². The molecule has 0 bridgehead atoms. The molecule has 0 saturated heterocycles. The number of carbonyl (C=O) groups excluding carboxylic acids is 1. The van der Waals surface area contributed by atoms with Gasteiger partial charge in [0, 0.05) is 18.2 Å². The number of carbonyl (C=O) groups is 1. The molecule has 0 fully saturated rings. The van der Waals surface area contributed by atoms with Gasteiger partial charge < -0.3 is 0 Å². The topological polar surface area (TPSA) is 29.4 Å². The van der Waals surface area contributed by atoms with E-state index in [9.17, 15) is 4.79 Å². The van der Waals surface area contributed by atoms with Crippen LogP contribution in [0.25, 0.3) is 0 Å². The van der Waals surface area contributed by atoms with Gasteiger partial charge in [-0.25, -0.2) is 0 Å². The summed E-state index contributed by atoms with van der Waals surface area (Å²) in [5.41, 5.74) is 1.92. The first-order valence-corrected chi connectivity index (χ1v) is 3.97. The van der Waals surface area contributed by atoms with Crippen molar-refractivity contribution in [2.45, 2.75) is 6.42 Å². The number of nitrogens with zero attached hydrogens (tertiary/aromatic N) is 1. The smallest absolute Gasteiger partial charge is 0.184 e. The molecule has 2 nitrogen and oxygen atoms in total. The predicted molar refractivity (Wildman–Crippen MR) is 47.8 cm³/mol. The van der Waals surface area contributed by atoms with Crippen LogP contribution in [0.4, 0.5) is 0 Å². The van der Waals surface area contributed by atoms with E-state index < -0.39 is 0 Å². The maximum absolute atomic E-state index is 11.4. The van der Waals surface area contributed by atoms with Crippen LogP contribution in [0.15, 0.2) is 29.3 Å². The van der Waals surface area contributed by atoms with Crippen molar-refractivity contribution in [1.82, 2.24) is 0 Å². The summed E-state index contributed by atoms with van der Waals surface area (Å²) in [5.74, 6) is 0.124. The number of rotatable bonds is 0. The van der Waals surface area contributed by atoms with Gasteiger partial charge in [-0.05, 0) is 5.56 Å². The summed E-state index contributed by atoms with van der Waals surface area (Å²) >= 11 is 0. The van der Waals surface area contributed by atoms with Crippen molar-refractivity contribution < 1.29 is 4.79 Å². The highest BCUT2D eigenvalue weighted by Crippen LogP contribution is 2.11. The van der Waals surface area contributed by atoms with Crippen molar-refractivity contribution in [2.75, 3.05) is 6.54 Å². The Morgan fingerprint density at radius 2 is 2.08 bits per heavy atom. The minimum Gasteiger partial charge on any atom is -0.292 e. The zero-order chi connectivity index (χ0) is 8.39. The van der Waals surface area contributed by atoms with Gasteiger partial charge in [0.05, 0.1) is 0 Å². The maximum atomic E-state index is 11.4. The summed E-state index contributed by atoms with van der Waals surface area (Å²) in [6.07, 6.45) is 2.59. The molecule has 0 N–H and O–H groups in total. The normalized spacial score (nSPS) is 15.5. The Kier molecular flexibility index (Phi) is 1.74. The van der Waals surface area contributed by atoms with Gasteiger partial charge in [-0.15, -0.1) is 0 Å². The molecular weight excluding hydrogens is 150 g/mol. The summed E-state index contributed by atoms with van der Waals surface area (Å²) in [6.45, 7) is 0.303. The molecule has 1 aliphatic rings. The molecule has 0 radical (unpaired) electrons. The summed E-state index contributed by atoms with van der Waals surface area (Å²) in [5, 5.41) is 0. The highest BCUT2D eigenvalue weighted by Gasteiger charge is 2.11. The molecule has 2 heteroatoms. The van der Waals surface area contributed by atoms with Gasteiger partial charge in [-0.2, -0.15) is 0 Å². The van der Waals surface area contributed by atoms with Gasteiger partial charge in [-0.1, -0.05) is 24.3 Å². The molecule has 0 spiro atoms. The zero-order valence-corrected chi connectivity index (χ0v) is 6.66. The second-order valence-electron chi connectivity index (χ2n) is 2.81. The number of ketones is 1. The number of aliphatic imine (C=N–C) groups is 1. The lowest BCUT2D eigenvalue weighted by Crippen LogP contribution is -2.03.